The molecule has 1 atom stereocenters. The minimum atomic E-state index is 0.169. The molecule has 0 bridgehead atoms. The van der Waals surface area contributed by atoms with Gasteiger partial charge in [-0.05, 0) is 35.9 Å². The molecule has 0 aromatic heterocycles. The number of carbonyl (C=O) groups excluding carboxylic acids is 1. The first kappa shape index (κ1) is 15.0. The Morgan fingerprint density at radius 1 is 1.14 bits per heavy atom. The van der Waals surface area contributed by atoms with Gasteiger partial charge < -0.3 is 4.90 Å². The second-order valence-corrected chi connectivity index (χ2v) is 6.26. The summed E-state index contributed by atoms with van der Waals surface area (Å²) in [6.45, 7) is 4.48. The summed E-state index contributed by atoms with van der Waals surface area (Å²) >= 11 is 0. The first-order valence-electron chi connectivity index (χ1n) is 8.15. The van der Waals surface area contributed by atoms with Gasteiger partial charge in [0.1, 0.15) is 0 Å². The highest BCUT2D eigenvalue weighted by Gasteiger charge is 2.31. The van der Waals surface area contributed by atoms with Crippen molar-refractivity contribution in [2.24, 2.45) is 0 Å². The molecular weight excluding hydrogens is 272 g/mol. The van der Waals surface area contributed by atoms with E-state index >= 15 is 0 Å². The normalized spacial score (nSPS) is 19.8. The number of amides is 1. The second kappa shape index (κ2) is 6.49. The summed E-state index contributed by atoms with van der Waals surface area (Å²) in [5, 5.41) is 2.50. The third-order valence-corrected chi connectivity index (χ3v) is 4.50. The van der Waals surface area contributed by atoms with E-state index in [0.29, 0.717) is 6.54 Å². The number of rotatable bonds is 4. The number of carbonyl (C=O) groups is 1. The van der Waals surface area contributed by atoms with Crippen LogP contribution >= 0.6 is 0 Å². The largest absolute Gasteiger partial charge is 0.333 e. The number of likely N-dealkylation sites (N-methyl/N-ethyl adjacent to an activating group) is 1. The van der Waals surface area contributed by atoms with Gasteiger partial charge in [0.15, 0.2) is 0 Å². The number of unbranched alkanes of at least 4 members (excludes halogenated alkanes) is 1. The van der Waals surface area contributed by atoms with Crippen molar-refractivity contribution in [2.45, 2.75) is 25.8 Å². The molecule has 3 heteroatoms. The summed E-state index contributed by atoms with van der Waals surface area (Å²) in [6, 6.07) is 15.2. The highest BCUT2D eigenvalue weighted by Crippen LogP contribution is 2.28. The average Bonchev–Trinajstić information content (AvgIpc) is 2.53. The summed E-state index contributed by atoms with van der Waals surface area (Å²) < 4.78 is 0. The maximum Gasteiger partial charge on any atom is 0.237 e. The number of nitrogens with zero attached hydrogens (tertiary/aromatic N) is 2. The van der Waals surface area contributed by atoms with Gasteiger partial charge in [0.2, 0.25) is 5.91 Å². The van der Waals surface area contributed by atoms with Crippen molar-refractivity contribution in [3.05, 3.63) is 48.0 Å². The van der Waals surface area contributed by atoms with E-state index in [-0.39, 0.29) is 11.9 Å². The van der Waals surface area contributed by atoms with Crippen LogP contribution in [0.3, 0.4) is 0 Å². The summed E-state index contributed by atoms with van der Waals surface area (Å²) in [7, 11) is 2.03. The van der Waals surface area contributed by atoms with Crippen LogP contribution in [0.25, 0.3) is 10.8 Å². The minimum absolute atomic E-state index is 0.169. The van der Waals surface area contributed by atoms with Gasteiger partial charge in [-0.2, -0.15) is 0 Å². The molecule has 0 spiro atoms. The smallest absolute Gasteiger partial charge is 0.237 e. The Bertz CT molecular complexity index is 667. The van der Waals surface area contributed by atoms with Gasteiger partial charge in [-0.25, -0.2) is 0 Å². The Morgan fingerprint density at radius 2 is 1.91 bits per heavy atom. The number of hydrogen-bond donors (Lipinski definition) is 0. The molecule has 3 nitrogen and oxygen atoms in total. The third-order valence-electron chi connectivity index (χ3n) is 4.50. The molecule has 1 amide bonds. The van der Waals surface area contributed by atoms with E-state index in [0.717, 1.165) is 25.9 Å². The van der Waals surface area contributed by atoms with Crippen LogP contribution in [-0.4, -0.2) is 42.4 Å². The number of fused-ring (bicyclic) bond motifs is 1. The molecule has 1 aliphatic heterocycles. The fourth-order valence-corrected chi connectivity index (χ4v) is 3.26. The van der Waals surface area contributed by atoms with Crippen molar-refractivity contribution in [1.29, 1.82) is 0 Å². The van der Waals surface area contributed by atoms with E-state index in [1.807, 2.05) is 7.05 Å². The number of hydrogen-bond acceptors (Lipinski definition) is 2. The molecule has 1 unspecified atom stereocenters. The average molecular weight is 296 g/mol. The number of piperazine rings is 1. The molecule has 0 radical (unpaired) electrons. The quantitative estimate of drug-likeness (QED) is 0.862. The molecule has 1 aliphatic rings. The van der Waals surface area contributed by atoms with E-state index in [9.17, 15) is 4.79 Å². The van der Waals surface area contributed by atoms with E-state index in [4.69, 9.17) is 0 Å². The Labute approximate surface area is 132 Å². The van der Waals surface area contributed by atoms with E-state index < -0.39 is 0 Å². The number of benzene rings is 2. The fraction of sp³-hybridized carbons (Fsp3) is 0.421. The summed E-state index contributed by atoms with van der Waals surface area (Å²) in [4.78, 5) is 16.6. The molecule has 1 heterocycles. The Hall–Kier alpha value is -1.87. The van der Waals surface area contributed by atoms with Crippen molar-refractivity contribution < 1.29 is 4.79 Å². The molecule has 1 saturated heterocycles. The first-order valence-corrected chi connectivity index (χ1v) is 8.15. The standard InChI is InChI=1S/C19H24N2O/c1-3-4-11-21-18(13-20(2)14-19(21)22)17-10-9-15-7-5-6-8-16(15)12-17/h5-10,12,18H,3-4,11,13-14H2,1-2H3. The SMILES string of the molecule is CCCCN1C(=O)CN(C)CC1c1ccc2ccccc2c1. The van der Waals surface area contributed by atoms with Crippen molar-refractivity contribution in [3.63, 3.8) is 0 Å². The highest BCUT2D eigenvalue weighted by atomic mass is 16.2. The summed E-state index contributed by atoms with van der Waals surface area (Å²) in [6.07, 6.45) is 2.18. The predicted octanol–water partition coefficient (Wildman–Crippen LogP) is 3.46. The lowest BCUT2D eigenvalue weighted by Crippen LogP contribution is -2.50. The molecule has 1 fully saturated rings. The van der Waals surface area contributed by atoms with Gasteiger partial charge in [-0.1, -0.05) is 49.7 Å². The van der Waals surface area contributed by atoms with Gasteiger partial charge in [-0.15, -0.1) is 0 Å². The third kappa shape index (κ3) is 3.00. The van der Waals surface area contributed by atoms with E-state index in [1.54, 1.807) is 0 Å². The van der Waals surface area contributed by atoms with Crippen molar-refractivity contribution in [3.8, 4) is 0 Å². The molecular formula is C19H24N2O. The molecule has 0 saturated carbocycles. The Kier molecular flexibility index (Phi) is 4.44. The summed E-state index contributed by atoms with van der Waals surface area (Å²) in [5.74, 6) is 0.250. The summed E-state index contributed by atoms with van der Waals surface area (Å²) in [5.41, 5.74) is 1.25. The van der Waals surface area contributed by atoms with Gasteiger partial charge >= 0.3 is 0 Å². The molecule has 22 heavy (non-hydrogen) atoms. The molecule has 2 aromatic carbocycles. The molecule has 116 valence electrons. The maximum absolute atomic E-state index is 12.4. The van der Waals surface area contributed by atoms with Crippen molar-refractivity contribution in [1.82, 2.24) is 9.80 Å². The van der Waals surface area contributed by atoms with Crippen LogP contribution in [0, 0.1) is 0 Å². The van der Waals surface area contributed by atoms with Crippen LogP contribution in [0.5, 0.6) is 0 Å². The first-order chi connectivity index (χ1) is 10.7. The van der Waals surface area contributed by atoms with Crippen molar-refractivity contribution in [2.75, 3.05) is 26.7 Å². The second-order valence-electron chi connectivity index (χ2n) is 6.26. The fourth-order valence-electron chi connectivity index (χ4n) is 3.26. The highest BCUT2D eigenvalue weighted by molar-refractivity contribution is 5.84. The van der Waals surface area contributed by atoms with Crippen molar-refractivity contribution >= 4 is 16.7 Å². The Balaban J connectivity index is 1.94. The molecule has 0 aliphatic carbocycles. The molecule has 3 rings (SSSR count). The predicted molar refractivity (Wildman–Crippen MR) is 90.8 cm³/mol. The lowest BCUT2D eigenvalue weighted by atomic mass is 9.98. The van der Waals surface area contributed by atoms with Gasteiger partial charge in [0.25, 0.3) is 0 Å². The zero-order valence-corrected chi connectivity index (χ0v) is 13.5. The van der Waals surface area contributed by atoms with Crippen LogP contribution in [0.15, 0.2) is 42.5 Å². The van der Waals surface area contributed by atoms with Crippen LogP contribution < -0.4 is 0 Å². The van der Waals surface area contributed by atoms with Gasteiger partial charge in [-0.3, -0.25) is 9.69 Å². The van der Waals surface area contributed by atoms with Crippen LogP contribution in [0.4, 0.5) is 0 Å². The monoisotopic (exact) mass is 296 g/mol. The molecule has 0 N–H and O–H groups in total. The topological polar surface area (TPSA) is 23.6 Å². The van der Waals surface area contributed by atoms with Crippen LogP contribution in [0.1, 0.15) is 31.4 Å². The van der Waals surface area contributed by atoms with E-state index in [1.165, 1.54) is 16.3 Å². The molecule has 2 aromatic rings. The lowest BCUT2D eigenvalue weighted by molar-refractivity contribution is -0.139. The van der Waals surface area contributed by atoms with Gasteiger partial charge in [0.05, 0.1) is 12.6 Å². The zero-order valence-electron chi connectivity index (χ0n) is 13.5. The zero-order chi connectivity index (χ0) is 15.5. The minimum Gasteiger partial charge on any atom is -0.333 e. The Morgan fingerprint density at radius 3 is 2.68 bits per heavy atom. The van der Waals surface area contributed by atoms with E-state index in [2.05, 4.69) is 59.2 Å². The van der Waals surface area contributed by atoms with Crippen LogP contribution in [-0.2, 0) is 4.79 Å². The maximum atomic E-state index is 12.4. The lowest BCUT2D eigenvalue weighted by Gasteiger charge is -2.40. The van der Waals surface area contributed by atoms with Crippen LogP contribution in [0.2, 0.25) is 0 Å². The van der Waals surface area contributed by atoms with Gasteiger partial charge in [0, 0.05) is 13.1 Å².